The highest BCUT2D eigenvalue weighted by Gasteiger charge is 2.05. The van der Waals surface area contributed by atoms with Gasteiger partial charge in [-0.15, -0.1) is 0 Å². The highest BCUT2D eigenvalue weighted by Crippen LogP contribution is 2.14. The van der Waals surface area contributed by atoms with E-state index in [0.717, 1.165) is 17.3 Å². The molecule has 0 aliphatic rings. The van der Waals surface area contributed by atoms with Gasteiger partial charge < -0.3 is 9.84 Å². The highest BCUT2D eigenvalue weighted by molar-refractivity contribution is 9.10. The first-order valence-electron chi connectivity index (χ1n) is 4.64. The van der Waals surface area contributed by atoms with Crippen molar-refractivity contribution in [2.45, 2.75) is 18.9 Å². The summed E-state index contributed by atoms with van der Waals surface area (Å²) in [6, 6.07) is 8.18. The molecule has 0 saturated carbocycles. The predicted molar refractivity (Wildman–Crippen MR) is 60.3 cm³/mol. The zero-order chi connectivity index (χ0) is 10.4. The average Bonchev–Trinajstić information content (AvgIpc) is 2.19. The normalized spacial score (nSPS) is 12.8. The lowest BCUT2D eigenvalue weighted by molar-refractivity contribution is 0.0435. The number of aryl methyl sites for hydroxylation is 1. The van der Waals surface area contributed by atoms with Crippen molar-refractivity contribution in [1.29, 1.82) is 0 Å². The van der Waals surface area contributed by atoms with Crippen molar-refractivity contribution in [2.75, 3.05) is 13.7 Å². The van der Waals surface area contributed by atoms with Gasteiger partial charge in [0.1, 0.15) is 0 Å². The fourth-order valence-electron chi connectivity index (χ4n) is 1.30. The molecule has 1 unspecified atom stereocenters. The number of aliphatic hydroxyl groups is 1. The molecule has 14 heavy (non-hydrogen) atoms. The lowest BCUT2D eigenvalue weighted by atomic mass is 10.1. The highest BCUT2D eigenvalue weighted by atomic mass is 79.9. The molecule has 1 rings (SSSR count). The van der Waals surface area contributed by atoms with Crippen LogP contribution >= 0.6 is 15.9 Å². The summed E-state index contributed by atoms with van der Waals surface area (Å²) < 4.78 is 6.18. The van der Waals surface area contributed by atoms with E-state index >= 15 is 0 Å². The molecule has 0 aromatic heterocycles. The summed E-state index contributed by atoms with van der Waals surface area (Å²) in [6.07, 6.45) is 1.73. The van der Waals surface area contributed by atoms with Gasteiger partial charge in [-0.05, 0) is 30.5 Å². The topological polar surface area (TPSA) is 29.5 Å². The van der Waals surface area contributed by atoms with Crippen LogP contribution in [0.3, 0.4) is 0 Å². The number of rotatable bonds is 5. The Labute approximate surface area is 93.0 Å². The molecule has 1 atom stereocenters. The average molecular weight is 259 g/mol. The predicted octanol–water partition coefficient (Wildman–Crippen LogP) is 2.39. The smallest absolute Gasteiger partial charge is 0.0805 e. The quantitative estimate of drug-likeness (QED) is 0.879. The van der Waals surface area contributed by atoms with Crippen LogP contribution in [0.15, 0.2) is 28.7 Å². The van der Waals surface area contributed by atoms with Gasteiger partial charge in [-0.25, -0.2) is 0 Å². The minimum atomic E-state index is -0.0472. The first kappa shape index (κ1) is 11.7. The molecular weight excluding hydrogens is 244 g/mol. The van der Waals surface area contributed by atoms with Crippen LogP contribution in [0.25, 0.3) is 0 Å². The standard InChI is InChI=1S/C11H15BrO2/c1-14-11(8-13)6-5-9-3-2-4-10(12)7-9/h2-4,7,11,13H,5-6,8H2,1H3. The van der Waals surface area contributed by atoms with E-state index in [0.29, 0.717) is 0 Å². The van der Waals surface area contributed by atoms with Crippen molar-refractivity contribution in [2.24, 2.45) is 0 Å². The largest absolute Gasteiger partial charge is 0.394 e. The first-order chi connectivity index (χ1) is 6.76. The van der Waals surface area contributed by atoms with E-state index in [2.05, 4.69) is 28.1 Å². The first-order valence-corrected chi connectivity index (χ1v) is 5.43. The molecule has 1 N–H and O–H groups in total. The van der Waals surface area contributed by atoms with Crippen molar-refractivity contribution >= 4 is 15.9 Å². The van der Waals surface area contributed by atoms with E-state index in [9.17, 15) is 0 Å². The summed E-state index contributed by atoms with van der Waals surface area (Å²) in [5.41, 5.74) is 1.26. The number of halogens is 1. The van der Waals surface area contributed by atoms with Crippen LogP contribution in [0.4, 0.5) is 0 Å². The zero-order valence-electron chi connectivity index (χ0n) is 8.24. The number of hydrogen-bond donors (Lipinski definition) is 1. The summed E-state index contributed by atoms with van der Waals surface area (Å²) >= 11 is 3.42. The molecule has 0 aliphatic heterocycles. The Morgan fingerprint density at radius 2 is 2.29 bits per heavy atom. The SMILES string of the molecule is COC(CO)CCc1cccc(Br)c1. The third kappa shape index (κ3) is 3.78. The molecule has 78 valence electrons. The molecule has 0 amide bonds. The molecule has 0 spiro atoms. The van der Waals surface area contributed by atoms with Gasteiger partial charge in [0.05, 0.1) is 12.7 Å². The zero-order valence-corrected chi connectivity index (χ0v) is 9.83. The lowest BCUT2D eigenvalue weighted by Gasteiger charge is -2.11. The summed E-state index contributed by atoms with van der Waals surface area (Å²) in [4.78, 5) is 0. The van der Waals surface area contributed by atoms with Crippen LogP contribution in [-0.4, -0.2) is 24.9 Å². The molecule has 1 aromatic rings. The molecule has 0 aliphatic carbocycles. The van der Waals surface area contributed by atoms with Gasteiger partial charge in [0.15, 0.2) is 0 Å². The molecule has 1 aromatic carbocycles. The fraction of sp³-hybridized carbons (Fsp3) is 0.455. The van der Waals surface area contributed by atoms with E-state index < -0.39 is 0 Å². The Balaban J connectivity index is 2.44. The number of aliphatic hydroxyl groups excluding tert-OH is 1. The molecule has 0 bridgehead atoms. The summed E-state index contributed by atoms with van der Waals surface area (Å²) in [7, 11) is 1.63. The molecule has 0 radical (unpaired) electrons. The molecule has 0 fully saturated rings. The van der Waals surface area contributed by atoms with Gasteiger partial charge >= 0.3 is 0 Å². The number of hydrogen-bond acceptors (Lipinski definition) is 2. The van der Waals surface area contributed by atoms with Crippen molar-refractivity contribution < 1.29 is 9.84 Å². The maximum absolute atomic E-state index is 8.92. The molecule has 2 nitrogen and oxygen atoms in total. The Kier molecular flexibility index (Phi) is 5.15. The molecular formula is C11H15BrO2. The van der Waals surface area contributed by atoms with Crippen LogP contribution < -0.4 is 0 Å². The number of benzene rings is 1. The Morgan fingerprint density at radius 1 is 1.50 bits per heavy atom. The Hall–Kier alpha value is -0.380. The Bertz CT molecular complexity index is 272. The van der Waals surface area contributed by atoms with Crippen LogP contribution in [-0.2, 0) is 11.2 Å². The summed E-state index contributed by atoms with van der Waals surface area (Å²) in [6.45, 7) is 0.0878. The second-order valence-electron chi connectivity index (χ2n) is 3.21. The van der Waals surface area contributed by atoms with E-state index in [1.165, 1.54) is 5.56 Å². The van der Waals surface area contributed by atoms with E-state index in [1.807, 2.05) is 12.1 Å². The second-order valence-corrected chi connectivity index (χ2v) is 4.12. The van der Waals surface area contributed by atoms with E-state index in [-0.39, 0.29) is 12.7 Å². The monoisotopic (exact) mass is 258 g/mol. The fourth-order valence-corrected chi connectivity index (χ4v) is 1.75. The molecule has 0 heterocycles. The van der Waals surface area contributed by atoms with Gasteiger partial charge in [0.2, 0.25) is 0 Å². The third-order valence-electron chi connectivity index (χ3n) is 2.18. The molecule has 0 saturated heterocycles. The number of ether oxygens (including phenoxy) is 1. The van der Waals surface area contributed by atoms with Crippen LogP contribution in [0.5, 0.6) is 0 Å². The van der Waals surface area contributed by atoms with Crippen LogP contribution in [0.2, 0.25) is 0 Å². The lowest BCUT2D eigenvalue weighted by Crippen LogP contribution is -2.16. The Morgan fingerprint density at radius 3 is 2.86 bits per heavy atom. The van der Waals surface area contributed by atoms with Crippen molar-refractivity contribution in [1.82, 2.24) is 0 Å². The van der Waals surface area contributed by atoms with Crippen molar-refractivity contribution in [3.8, 4) is 0 Å². The van der Waals surface area contributed by atoms with Crippen LogP contribution in [0, 0.1) is 0 Å². The minimum absolute atomic E-state index is 0.0472. The van der Waals surface area contributed by atoms with E-state index in [1.54, 1.807) is 7.11 Å². The van der Waals surface area contributed by atoms with Crippen LogP contribution in [0.1, 0.15) is 12.0 Å². The maximum Gasteiger partial charge on any atom is 0.0805 e. The number of methoxy groups -OCH3 is 1. The van der Waals surface area contributed by atoms with Crippen molar-refractivity contribution in [3.63, 3.8) is 0 Å². The van der Waals surface area contributed by atoms with Gasteiger partial charge in [0.25, 0.3) is 0 Å². The third-order valence-corrected chi connectivity index (χ3v) is 2.67. The van der Waals surface area contributed by atoms with Gasteiger partial charge in [-0.3, -0.25) is 0 Å². The van der Waals surface area contributed by atoms with E-state index in [4.69, 9.17) is 9.84 Å². The maximum atomic E-state index is 8.92. The van der Waals surface area contributed by atoms with Gasteiger partial charge in [-0.1, -0.05) is 28.1 Å². The summed E-state index contributed by atoms with van der Waals surface area (Å²) in [5.74, 6) is 0. The minimum Gasteiger partial charge on any atom is -0.394 e. The van der Waals surface area contributed by atoms with Crippen molar-refractivity contribution in [3.05, 3.63) is 34.3 Å². The molecule has 3 heteroatoms. The second kappa shape index (κ2) is 6.17. The van der Waals surface area contributed by atoms with Gasteiger partial charge in [-0.2, -0.15) is 0 Å². The summed E-state index contributed by atoms with van der Waals surface area (Å²) in [5, 5.41) is 8.92. The van der Waals surface area contributed by atoms with Gasteiger partial charge in [0, 0.05) is 11.6 Å².